The average molecular weight is 187 g/mol. The van der Waals surface area contributed by atoms with E-state index in [9.17, 15) is 14.7 Å². The second-order valence-corrected chi connectivity index (χ2v) is 4.26. The molecule has 1 N–H and O–H groups in total. The van der Waals surface area contributed by atoms with E-state index in [2.05, 4.69) is 0 Å². The zero-order valence-electron chi connectivity index (χ0n) is 6.56. The number of hydrogen-bond acceptors (Lipinski definition) is 4. The lowest BCUT2D eigenvalue weighted by molar-refractivity contribution is -0.138. The van der Waals surface area contributed by atoms with Crippen molar-refractivity contribution in [1.29, 1.82) is 0 Å². The van der Waals surface area contributed by atoms with Crippen molar-refractivity contribution in [3.8, 4) is 0 Å². The maximum atomic E-state index is 11.3. The van der Waals surface area contributed by atoms with Crippen LogP contribution in [0.3, 0.4) is 0 Å². The van der Waals surface area contributed by atoms with Crippen LogP contribution in [-0.2, 0) is 9.59 Å². The Hall–Kier alpha value is -0.550. The Labute approximate surface area is 73.9 Å². The van der Waals surface area contributed by atoms with Gasteiger partial charge < -0.3 is 5.11 Å². The van der Waals surface area contributed by atoms with E-state index in [1.807, 2.05) is 0 Å². The topological polar surface area (TPSA) is 57.6 Å². The van der Waals surface area contributed by atoms with Gasteiger partial charge in [-0.05, 0) is 0 Å². The van der Waals surface area contributed by atoms with E-state index in [1.54, 1.807) is 0 Å². The highest BCUT2D eigenvalue weighted by Crippen LogP contribution is 2.39. The predicted octanol–water partition coefficient (Wildman–Crippen LogP) is -0.923. The Morgan fingerprint density at radius 2 is 2.17 bits per heavy atom. The lowest BCUT2D eigenvalue weighted by atomic mass is 10.0. The van der Waals surface area contributed by atoms with Gasteiger partial charge in [-0.1, -0.05) is 0 Å². The van der Waals surface area contributed by atoms with Crippen LogP contribution in [0.2, 0.25) is 0 Å². The summed E-state index contributed by atoms with van der Waals surface area (Å²) in [6, 6.07) is 0. The predicted molar refractivity (Wildman–Crippen MR) is 43.5 cm³/mol. The molecule has 0 bridgehead atoms. The number of likely N-dealkylation sites (tertiary alicyclic amines) is 1. The first-order chi connectivity index (χ1) is 5.63. The van der Waals surface area contributed by atoms with Crippen LogP contribution in [0.25, 0.3) is 0 Å². The number of rotatable bonds is 0. The van der Waals surface area contributed by atoms with Crippen LogP contribution in [0.4, 0.5) is 0 Å². The van der Waals surface area contributed by atoms with Crippen molar-refractivity contribution in [2.75, 3.05) is 12.8 Å². The average Bonchev–Trinajstić information content (AvgIpc) is 2.51. The van der Waals surface area contributed by atoms with Crippen LogP contribution in [0.1, 0.15) is 0 Å². The van der Waals surface area contributed by atoms with Gasteiger partial charge in [0.2, 0.25) is 11.8 Å². The minimum Gasteiger partial charge on any atom is -0.391 e. The standard InChI is InChI=1S/C7H9NO3S/c1-8-6(10)4-3(9)2-12-5(4)7(8)11/h3-5,9H,2H2,1H3. The Morgan fingerprint density at radius 1 is 1.50 bits per heavy atom. The number of aliphatic hydroxyl groups is 1. The molecular formula is C7H9NO3S. The van der Waals surface area contributed by atoms with E-state index < -0.39 is 12.0 Å². The highest BCUT2D eigenvalue weighted by molar-refractivity contribution is 8.01. The van der Waals surface area contributed by atoms with Gasteiger partial charge in [0.15, 0.2) is 0 Å². The maximum Gasteiger partial charge on any atom is 0.242 e. The van der Waals surface area contributed by atoms with Crippen molar-refractivity contribution in [2.24, 2.45) is 5.92 Å². The molecule has 0 aromatic rings. The summed E-state index contributed by atoms with van der Waals surface area (Å²) in [6.45, 7) is 0. The molecule has 5 heteroatoms. The number of carbonyl (C=O) groups excluding carboxylic acids is 2. The highest BCUT2D eigenvalue weighted by atomic mass is 32.2. The molecule has 66 valence electrons. The molecule has 0 aromatic heterocycles. The summed E-state index contributed by atoms with van der Waals surface area (Å²) >= 11 is 1.37. The molecule has 2 aliphatic rings. The Morgan fingerprint density at radius 3 is 2.75 bits per heavy atom. The van der Waals surface area contributed by atoms with Crippen molar-refractivity contribution in [2.45, 2.75) is 11.4 Å². The molecular weight excluding hydrogens is 178 g/mol. The minimum atomic E-state index is -0.638. The molecule has 2 heterocycles. The molecule has 0 aliphatic carbocycles. The molecule has 3 unspecified atom stereocenters. The van der Waals surface area contributed by atoms with E-state index in [-0.39, 0.29) is 17.1 Å². The third-order valence-electron chi connectivity index (χ3n) is 2.38. The lowest BCUT2D eigenvalue weighted by Gasteiger charge is -2.09. The van der Waals surface area contributed by atoms with Crippen LogP contribution in [0.15, 0.2) is 0 Å². The van der Waals surface area contributed by atoms with Crippen LogP contribution >= 0.6 is 11.8 Å². The molecule has 0 radical (unpaired) electrons. The third kappa shape index (κ3) is 0.834. The first-order valence-corrected chi connectivity index (χ1v) is 4.79. The number of imide groups is 1. The number of thioether (sulfide) groups is 1. The highest BCUT2D eigenvalue weighted by Gasteiger charge is 2.53. The molecule has 2 fully saturated rings. The molecule has 0 spiro atoms. The van der Waals surface area contributed by atoms with Crippen LogP contribution in [0.5, 0.6) is 0 Å². The molecule has 2 saturated heterocycles. The second kappa shape index (κ2) is 2.47. The van der Waals surface area contributed by atoms with Gasteiger partial charge in [0.05, 0.1) is 17.3 Å². The summed E-state index contributed by atoms with van der Waals surface area (Å²) in [5.41, 5.74) is 0. The van der Waals surface area contributed by atoms with E-state index in [4.69, 9.17) is 0 Å². The minimum absolute atomic E-state index is 0.161. The number of nitrogens with zero attached hydrogens (tertiary/aromatic N) is 1. The van der Waals surface area contributed by atoms with Gasteiger partial charge in [-0.3, -0.25) is 14.5 Å². The first kappa shape index (κ1) is 8.07. The van der Waals surface area contributed by atoms with Gasteiger partial charge in [0, 0.05) is 12.8 Å². The summed E-state index contributed by atoms with van der Waals surface area (Å²) in [5, 5.41) is 9.06. The first-order valence-electron chi connectivity index (χ1n) is 3.74. The molecule has 4 nitrogen and oxygen atoms in total. The summed E-state index contributed by atoms with van der Waals surface area (Å²) in [4.78, 5) is 23.8. The van der Waals surface area contributed by atoms with E-state index in [1.165, 1.54) is 18.8 Å². The monoisotopic (exact) mass is 187 g/mol. The number of aliphatic hydroxyl groups excluding tert-OH is 1. The summed E-state index contributed by atoms with van der Waals surface area (Å²) in [5.74, 6) is -0.373. The van der Waals surface area contributed by atoms with Gasteiger partial charge in [-0.25, -0.2) is 0 Å². The summed E-state index contributed by atoms with van der Waals surface area (Å²) in [7, 11) is 1.47. The molecule has 3 atom stereocenters. The smallest absolute Gasteiger partial charge is 0.242 e. The number of hydrogen-bond donors (Lipinski definition) is 1. The second-order valence-electron chi connectivity index (χ2n) is 3.08. The Bertz CT molecular complexity index is 255. The SMILES string of the molecule is CN1C(=O)C2SCC(O)C2C1=O. The zero-order valence-corrected chi connectivity index (χ0v) is 7.37. The van der Waals surface area contributed by atoms with Crippen molar-refractivity contribution < 1.29 is 14.7 Å². The van der Waals surface area contributed by atoms with E-state index in [0.29, 0.717) is 5.75 Å². The molecule has 2 aliphatic heterocycles. The van der Waals surface area contributed by atoms with E-state index >= 15 is 0 Å². The van der Waals surface area contributed by atoms with Crippen LogP contribution < -0.4 is 0 Å². The van der Waals surface area contributed by atoms with E-state index in [0.717, 1.165) is 4.90 Å². The normalized spacial score (nSPS) is 40.8. The van der Waals surface area contributed by atoms with Gasteiger partial charge >= 0.3 is 0 Å². The Balaban J connectivity index is 2.32. The van der Waals surface area contributed by atoms with Crippen molar-refractivity contribution in [1.82, 2.24) is 4.90 Å². The molecule has 0 saturated carbocycles. The summed E-state index contributed by atoms with van der Waals surface area (Å²) in [6.07, 6.45) is -0.638. The fourth-order valence-electron chi connectivity index (χ4n) is 1.65. The number of carbonyl (C=O) groups is 2. The van der Waals surface area contributed by atoms with Gasteiger partial charge in [0.1, 0.15) is 0 Å². The van der Waals surface area contributed by atoms with Crippen molar-refractivity contribution in [3.05, 3.63) is 0 Å². The van der Waals surface area contributed by atoms with Crippen LogP contribution in [-0.4, -0.2) is 46.0 Å². The fraction of sp³-hybridized carbons (Fsp3) is 0.714. The maximum absolute atomic E-state index is 11.3. The van der Waals surface area contributed by atoms with Crippen LogP contribution in [0, 0.1) is 5.92 Å². The summed E-state index contributed by atoms with van der Waals surface area (Å²) < 4.78 is 0. The van der Waals surface area contributed by atoms with Gasteiger partial charge in [-0.15, -0.1) is 11.8 Å². The molecule has 12 heavy (non-hydrogen) atoms. The van der Waals surface area contributed by atoms with Crippen molar-refractivity contribution >= 4 is 23.6 Å². The fourth-order valence-corrected chi connectivity index (χ4v) is 3.07. The molecule has 0 aromatic carbocycles. The zero-order chi connectivity index (χ0) is 8.88. The number of fused-ring (bicyclic) bond motifs is 1. The lowest BCUT2D eigenvalue weighted by Crippen LogP contribution is -2.30. The number of amides is 2. The van der Waals surface area contributed by atoms with Crippen molar-refractivity contribution in [3.63, 3.8) is 0 Å². The quantitative estimate of drug-likeness (QED) is 0.498. The Kier molecular flexibility index (Phi) is 1.66. The van der Waals surface area contributed by atoms with Gasteiger partial charge in [0.25, 0.3) is 0 Å². The third-order valence-corrected chi connectivity index (χ3v) is 3.76. The molecule has 2 amide bonds. The largest absolute Gasteiger partial charge is 0.391 e. The molecule has 2 rings (SSSR count). The van der Waals surface area contributed by atoms with Gasteiger partial charge in [-0.2, -0.15) is 0 Å².